The van der Waals surface area contributed by atoms with Gasteiger partial charge in [0.05, 0.1) is 22.6 Å². The van der Waals surface area contributed by atoms with Gasteiger partial charge < -0.3 is 13.7 Å². The van der Waals surface area contributed by atoms with E-state index in [1.54, 1.807) is 36.4 Å². The topological polar surface area (TPSA) is 96.9 Å². The first-order valence-corrected chi connectivity index (χ1v) is 14.3. The molecule has 2 fully saturated rings. The number of hydrogen-bond acceptors (Lipinski definition) is 9. The summed E-state index contributed by atoms with van der Waals surface area (Å²) in [7, 11) is -3.95. The number of benzene rings is 1. The molecule has 188 valence electrons. The molecule has 2 saturated heterocycles. The highest BCUT2D eigenvalue weighted by Gasteiger charge is 2.35. The highest BCUT2D eigenvalue weighted by molar-refractivity contribution is 8.26. The summed E-state index contributed by atoms with van der Waals surface area (Å²) in [5.41, 5.74) is 0.955. The number of thiocarbonyl (C=S) groups is 1. The molecule has 11 heteroatoms. The quantitative estimate of drug-likeness (QED) is 0.313. The van der Waals surface area contributed by atoms with Crippen molar-refractivity contribution in [2.24, 2.45) is 5.92 Å². The molecule has 3 aromatic rings. The van der Waals surface area contributed by atoms with Gasteiger partial charge in [0.1, 0.15) is 10.1 Å². The van der Waals surface area contributed by atoms with E-state index in [2.05, 4.69) is 11.9 Å². The molecule has 36 heavy (non-hydrogen) atoms. The van der Waals surface area contributed by atoms with Crippen molar-refractivity contribution in [3.8, 4) is 0 Å². The predicted molar refractivity (Wildman–Crippen MR) is 141 cm³/mol. The number of thioether (sulfide) groups is 1. The lowest BCUT2D eigenvalue weighted by molar-refractivity contribution is -0.122. The number of carbonyl (C=O) groups excluding carboxylic acids is 1. The second-order valence-corrected chi connectivity index (χ2v) is 12.5. The summed E-state index contributed by atoms with van der Waals surface area (Å²) in [5.74, 6) is 1.11. The lowest BCUT2D eigenvalue weighted by atomic mass is 9.99. The Kier molecular flexibility index (Phi) is 6.80. The average Bonchev–Trinajstić information content (AvgIpc) is 3.58. The Bertz CT molecular complexity index is 1420. The maximum atomic E-state index is 13.6. The first-order valence-electron chi connectivity index (χ1n) is 11.6. The van der Waals surface area contributed by atoms with Crippen molar-refractivity contribution in [1.29, 1.82) is 0 Å². The van der Waals surface area contributed by atoms with Crippen LogP contribution in [0.5, 0.6) is 0 Å². The molecule has 1 amide bonds. The smallest absolute Gasteiger partial charge is 0.266 e. The monoisotopic (exact) mass is 543 g/mol. The molecule has 2 aliphatic rings. The van der Waals surface area contributed by atoms with E-state index in [9.17, 15) is 13.2 Å². The summed E-state index contributed by atoms with van der Waals surface area (Å²) in [4.78, 5) is 21.2. The van der Waals surface area contributed by atoms with Crippen LogP contribution in [0.2, 0.25) is 0 Å². The summed E-state index contributed by atoms with van der Waals surface area (Å²) in [6.07, 6.45) is 4.84. The van der Waals surface area contributed by atoms with Gasteiger partial charge in [0.2, 0.25) is 26.6 Å². The Labute approximate surface area is 219 Å². The summed E-state index contributed by atoms with van der Waals surface area (Å²) >= 11 is 6.51. The highest BCUT2D eigenvalue weighted by atomic mass is 32.2. The third-order valence-corrected chi connectivity index (χ3v) is 9.32. The van der Waals surface area contributed by atoms with Crippen LogP contribution in [-0.2, 0) is 21.2 Å². The molecule has 0 atom stereocenters. The first kappa shape index (κ1) is 24.8. The fourth-order valence-corrected chi connectivity index (χ4v) is 6.65. The number of sulfone groups is 1. The van der Waals surface area contributed by atoms with E-state index < -0.39 is 9.84 Å². The number of aryl methyl sites for hydroxylation is 1. The number of amides is 1. The number of rotatable bonds is 6. The zero-order chi connectivity index (χ0) is 25.4. The van der Waals surface area contributed by atoms with Crippen LogP contribution in [0, 0.1) is 12.8 Å². The van der Waals surface area contributed by atoms with Crippen LogP contribution < -0.4 is 4.90 Å². The normalized spacial score (nSPS) is 18.6. The predicted octanol–water partition coefficient (Wildman–Crippen LogP) is 5.05. The highest BCUT2D eigenvalue weighted by Crippen LogP contribution is 2.37. The zero-order valence-corrected chi connectivity index (χ0v) is 22.3. The number of oxazole rings is 1. The summed E-state index contributed by atoms with van der Waals surface area (Å²) in [5, 5.41) is -0.141. The standard InChI is InChI=1S/C25H25N3O5S3/c1-16-5-7-19(8-6-16)36(30,31)22-24(27-11-9-17(2)10-12-27)33-21(26-22)14-20-23(29)28(25(34)35-20)15-18-4-3-13-32-18/h3-8,13-14,17H,9-12,15H2,1-2H3. The number of anilines is 1. The molecule has 0 radical (unpaired) electrons. The van der Waals surface area contributed by atoms with E-state index in [-0.39, 0.29) is 34.1 Å². The van der Waals surface area contributed by atoms with Gasteiger partial charge in [-0.05, 0) is 49.9 Å². The Morgan fingerprint density at radius 1 is 1.19 bits per heavy atom. The molecule has 0 saturated carbocycles. The van der Waals surface area contributed by atoms with Crippen LogP contribution in [0.1, 0.15) is 37.0 Å². The second-order valence-electron chi connectivity index (χ2n) is 9.00. The minimum atomic E-state index is -3.95. The van der Waals surface area contributed by atoms with Crippen molar-refractivity contribution in [3.63, 3.8) is 0 Å². The minimum absolute atomic E-state index is 0.0489. The fourth-order valence-electron chi connectivity index (χ4n) is 4.10. The number of aromatic nitrogens is 1. The van der Waals surface area contributed by atoms with Gasteiger partial charge >= 0.3 is 0 Å². The van der Waals surface area contributed by atoms with Gasteiger partial charge in [0, 0.05) is 19.2 Å². The third kappa shape index (κ3) is 4.87. The van der Waals surface area contributed by atoms with Gasteiger partial charge in [-0.25, -0.2) is 8.42 Å². The third-order valence-electron chi connectivity index (χ3n) is 6.27. The number of nitrogens with zero attached hydrogens (tertiary/aromatic N) is 3. The van der Waals surface area contributed by atoms with Crippen LogP contribution in [0.25, 0.3) is 6.08 Å². The number of furan rings is 1. The van der Waals surface area contributed by atoms with E-state index in [1.165, 1.54) is 17.2 Å². The zero-order valence-electron chi connectivity index (χ0n) is 19.8. The van der Waals surface area contributed by atoms with Crippen LogP contribution in [0.15, 0.2) is 66.3 Å². The van der Waals surface area contributed by atoms with Gasteiger partial charge in [-0.1, -0.05) is 48.6 Å². The molecule has 0 N–H and O–H groups in total. The molecule has 4 heterocycles. The van der Waals surface area contributed by atoms with E-state index in [0.29, 0.717) is 34.0 Å². The largest absolute Gasteiger partial charge is 0.467 e. The first-order chi connectivity index (χ1) is 17.2. The van der Waals surface area contributed by atoms with Crippen molar-refractivity contribution < 1.29 is 22.0 Å². The molecule has 2 aromatic heterocycles. The Balaban J connectivity index is 1.51. The van der Waals surface area contributed by atoms with Gasteiger partial charge in [0.25, 0.3) is 5.91 Å². The van der Waals surface area contributed by atoms with Crippen LogP contribution in [0.4, 0.5) is 5.88 Å². The second kappa shape index (κ2) is 9.87. The molecular weight excluding hydrogens is 518 g/mol. The number of piperidine rings is 1. The van der Waals surface area contributed by atoms with E-state index in [0.717, 1.165) is 30.2 Å². The maximum absolute atomic E-state index is 13.6. The number of carbonyl (C=O) groups is 1. The molecule has 0 spiro atoms. The van der Waals surface area contributed by atoms with Crippen molar-refractivity contribution in [3.05, 3.63) is 64.8 Å². The molecule has 0 unspecified atom stereocenters. The van der Waals surface area contributed by atoms with Gasteiger partial charge in [0.15, 0.2) is 0 Å². The minimum Gasteiger partial charge on any atom is -0.467 e. The lowest BCUT2D eigenvalue weighted by Gasteiger charge is -2.30. The van der Waals surface area contributed by atoms with Crippen molar-refractivity contribution in [2.75, 3.05) is 18.0 Å². The number of hydrogen-bond donors (Lipinski definition) is 0. The van der Waals surface area contributed by atoms with E-state index >= 15 is 0 Å². The molecular formula is C25H25N3O5S3. The maximum Gasteiger partial charge on any atom is 0.266 e. The van der Waals surface area contributed by atoms with Crippen molar-refractivity contribution in [2.45, 2.75) is 43.2 Å². The summed E-state index contributed by atoms with van der Waals surface area (Å²) < 4.78 is 38.9. The lowest BCUT2D eigenvalue weighted by Crippen LogP contribution is -2.33. The Morgan fingerprint density at radius 2 is 1.92 bits per heavy atom. The molecule has 5 rings (SSSR count). The van der Waals surface area contributed by atoms with Crippen molar-refractivity contribution in [1.82, 2.24) is 9.88 Å². The Hall–Kier alpha value is -2.89. The Morgan fingerprint density at radius 3 is 2.58 bits per heavy atom. The van der Waals surface area contributed by atoms with Gasteiger partial charge in [-0.2, -0.15) is 4.98 Å². The van der Waals surface area contributed by atoms with E-state index in [1.807, 2.05) is 11.8 Å². The van der Waals surface area contributed by atoms with E-state index in [4.69, 9.17) is 21.1 Å². The van der Waals surface area contributed by atoms with Crippen LogP contribution >= 0.6 is 24.0 Å². The average molecular weight is 544 g/mol. The molecule has 2 aliphatic heterocycles. The van der Waals surface area contributed by atoms with Gasteiger partial charge in [-0.15, -0.1) is 0 Å². The van der Waals surface area contributed by atoms with Gasteiger partial charge in [-0.3, -0.25) is 9.69 Å². The fraction of sp³-hybridized carbons (Fsp3) is 0.320. The van der Waals surface area contributed by atoms with Crippen molar-refractivity contribution >= 4 is 56.0 Å². The SMILES string of the molecule is Cc1ccc(S(=O)(=O)c2nc(C=C3SC(=S)N(Cc4ccco4)C3=O)oc2N2CCC(C)CC2)cc1. The summed E-state index contributed by atoms with van der Waals surface area (Å²) in [6.45, 7) is 5.62. The molecule has 0 bridgehead atoms. The van der Waals surface area contributed by atoms with Crippen LogP contribution in [0.3, 0.4) is 0 Å². The molecule has 8 nitrogen and oxygen atoms in total. The molecule has 1 aromatic carbocycles. The summed E-state index contributed by atoms with van der Waals surface area (Å²) in [6, 6.07) is 10.2. The molecule has 0 aliphatic carbocycles. The van der Waals surface area contributed by atoms with Crippen LogP contribution in [-0.4, -0.2) is 41.6 Å².